The fourth-order valence-electron chi connectivity index (χ4n) is 2.46. The molecule has 0 bridgehead atoms. The molecule has 4 nitrogen and oxygen atoms in total. The van der Waals surface area contributed by atoms with E-state index < -0.39 is 0 Å². The van der Waals surface area contributed by atoms with E-state index >= 15 is 0 Å². The number of pyridine rings is 1. The summed E-state index contributed by atoms with van der Waals surface area (Å²) in [5, 5.41) is 3.29. The van der Waals surface area contributed by atoms with E-state index in [-0.39, 0.29) is 17.8 Å². The predicted molar refractivity (Wildman–Crippen MR) is 90.4 cm³/mol. The largest absolute Gasteiger partial charge is 0.367 e. The second kappa shape index (κ2) is 7.27. The number of amides is 1. The summed E-state index contributed by atoms with van der Waals surface area (Å²) in [6, 6.07) is 11.1. The van der Waals surface area contributed by atoms with Gasteiger partial charge in [-0.05, 0) is 47.9 Å². The lowest BCUT2D eigenvalue weighted by atomic mass is 10.0. The van der Waals surface area contributed by atoms with Gasteiger partial charge in [0.05, 0.1) is 11.6 Å². The summed E-state index contributed by atoms with van der Waals surface area (Å²) in [5.74, 6) is -0.560. The monoisotopic (exact) mass is 343 g/mol. The Bertz CT molecular complexity index is 819. The molecule has 1 amide bonds. The summed E-state index contributed by atoms with van der Waals surface area (Å²) in [7, 11) is 0. The van der Waals surface area contributed by atoms with Gasteiger partial charge in [0.2, 0.25) is 0 Å². The van der Waals surface area contributed by atoms with Crippen LogP contribution < -0.4 is 5.32 Å². The Hall–Kier alpha value is -2.66. The molecule has 0 aliphatic rings. The van der Waals surface area contributed by atoms with Gasteiger partial charge in [-0.15, -0.1) is 0 Å². The molecule has 0 aliphatic heterocycles. The lowest BCUT2D eigenvalue weighted by Crippen LogP contribution is -2.29. The Balaban J connectivity index is 1.80. The van der Waals surface area contributed by atoms with E-state index in [1.54, 1.807) is 24.4 Å². The normalized spacial score (nSPS) is 11.9. The van der Waals surface area contributed by atoms with Crippen molar-refractivity contribution in [3.05, 3.63) is 88.7 Å². The number of halogens is 2. The molecule has 0 saturated heterocycles. The van der Waals surface area contributed by atoms with Gasteiger partial charge in [0, 0.05) is 18.6 Å². The van der Waals surface area contributed by atoms with Crippen molar-refractivity contribution < 1.29 is 9.18 Å². The minimum absolute atomic E-state index is 0.262. The smallest absolute Gasteiger partial charge is 0.253 e. The van der Waals surface area contributed by atoms with Crippen molar-refractivity contribution in [3.8, 4) is 0 Å². The van der Waals surface area contributed by atoms with Crippen LogP contribution >= 0.6 is 11.6 Å². The summed E-state index contributed by atoms with van der Waals surface area (Å²) >= 11 is 5.74. The van der Waals surface area contributed by atoms with Gasteiger partial charge in [-0.2, -0.15) is 0 Å². The standard InChI is InChI=1S/C18H15ClFN3O/c19-17-5-4-14(11-22-17)18(24)23-16(13-6-7-21-10-13)9-12-2-1-3-15(20)8-12/h1-8,10-11,16,21H,9H2,(H,23,24). The Morgan fingerprint density at radius 2 is 2.17 bits per heavy atom. The van der Waals surface area contributed by atoms with Crippen molar-refractivity contribution in [2.24, 2.45) is 0 Å². The zero-order valence-electron chi connectivity index (χ0n) is 12.7. The summed E-state index contributed by atoms with van der Waals surface area (Å²) in [5.41, 5.74) is 2.13. The van der Waals surface area contributed by atoms with Gasteiger partial charge in [-0.25, -0.2) is 9.37 Å². The Kier molecular flexibility index (Phi) is 4.91. The number of hydrogen-bond acceptors (Lipinski definition) is 2. The van der Waals surface area contributed by atoms with E-state index in [0.29, 0.717) is 17.1 Å². The van der Waals surface area contributed by atoms with Gasteiger partial charge in [0.25, 0.3) is 5.91 Å². The molecule has 3 rings (SSSR count). The third-order valence-corrected chi connectivity index (χ3v) is 3.87. The van der Waals surface area contributed by atoms with Gasteiger partial charge in [0.1, 0.15) is 11.0 Å². The maximum absolute atomic E-state index is 13.4. The fraction of sp³-hybridized carbons (Fsp3) is 0.111. The number of benzene rings is 1. The number of aromatic amines is 1. The molecule has 2 N–H and O–H groups in total. The number of aromatic nitrogens is 2. The highest BCUT2D eigenvalue weighted by atomic mass is 35.5. The Morgan fingerprint density at radius 3 is 2.83 bits per heavy atom. The van der Waals surface area contributed by atoms with E-state index in [1.807, 2.05) is 18.3 Å². The van der Waals surface area contributed by atoms with Crippen LogP contribution in [0.25, 0.3) is 0 Å². The summed E-state index contributed by atoms with van der Waals surface area (Å²) in [6.07, 6.45) is 5.49. The van der Waals surface area contributed by atoms with Gasteiger partial charge < -0.3 is 10.3 Å². The Morgan fingerprint density at radius 1 is 1.29 bits per heavy atom. The number of H-pyrrole nitrogens is 1. The minimum Gasteiger partial charge on any atom is -0.367 e. The maximum atomic E-state index is 13.4. The lowest BCUT2D eigenvalue weighted by Gasteiger charge is -2.18. The van der Waals surface area contributed by atoms with Gasteiger partial charge >= 0.3 is 0 Å². The van der Waals surface area contributed by atoms with Crippen LogP contribution in [-0.4, -0.2) is 15.9 Å². The van der Waals surface area contributed by atoms with Crippen molar-refractivity contribution >= 4 is 17.5 Å². The van der Waals surface area contributed by atoms with Crippen molar-refractivity contribution in [1.29, 1.82) is 0 Å². The van der Waals surface area contributed by atoms with Crippen molar-refractivity contribution in [2.45, 2.75) is 12.5 Å². The van der Waals surface area contributed by atoms with Crippen LogP contribution in [0, 0.1) is 5.82 Å². The molecule has 0 fully saturated rings. The summed E-state index contributed by atoms with van der Waals surface area (Å²) < 4.78 is 13.4. The molecular formula is C18H15ClFN3O. The van der Waals surface area contributed by atoms with Crippen molar-refractivity contribution in [3.63, 3.8) is 0 Å². The van der Waals surface area contributed by atoms with E-state index in [1.165, 1.54) is 18.3 Å². The maximum Gasteiger partial charge on any atom is 0.253 e. The molecule has 1 unspecified atom stereocenters. The quantitative estimate of drug-likeness (QED) is 0.690. The van der Waals surface area contributed by atoms with Crippen LogP contribution in [-0.2, 0) is 6.42 Å². The highest BCUT2D eigenvalue weighted by Crippen LogP contribution is 2.19. The SMILES string of the molecule is O=C(NC(Cc1cccc(F)c1)c1cc[nH]c1)c1ccc(Cl)nc1. The van der Waals surface area contributed by atoms with E-state index in [4.69, 9.17) is 11.6 Å². The minimum atomic E-state index is -0.298. The zero-order chi connectivity index (χ0) is 16.9. The lowest BCUT2D eigenvalue weighted by molar-refractivity contribution is 0.0936. The van der Waals surface area contributed by atoms with Crippen LogP contribution in [0.1, 0.15) is 27.5 Å². The molecule has 2 aromatic heterocycles. The molecule has 0 radical (unpaired) electrons. The molecule has 122 valence electrons. The summed E-state index contributed by atoms with van der Waals surface area (Å²) in [6.45, 7) is 0. The van der Waals surface area contributed by atoms with Crippen LogP contribution in [0.5, 0.6) is 0 Å². The molecule has 0 spiro atoms. The first-order valence-electron chi connectivity index (χ1n) is 7.41. The van der Waals surface area contributed by atoms with E-state index in [9.17, 15) is 9.18 Å². The molecular weight excluding hydrogens is 329 g/mol. The highest BCUT2D eigenvalue weighted by molar-refractivity contribution is 6.29. The molecule has 1 atom stereocenters. The Labute approximate surface area is 143 Å². The van der Waals surface area contributed by atoms with Gasteiger partial charge in [0.15, 0.2) is 0 Å². The number of nitrogens with zero attached hydrogens (tertiary/aromatic N) is 1. The average molecular weight is 344 g/mol. The number of nitrogens with one attached hydrogen (secondary N) is 2. The third-order valence-electron chi connectivity index (χ3n) is 3.65. The number of hydrogen-bond donors (Lipinski definition) is 2. The number of rotatable bonds is 5. The number of carbonyl (C=O) groups is 1. The van der Waals surface area contributed by atoms with Crippen molar-refractivity contribution in [2.75, 3.05) is 0 Å². The molecule has 1 aromatic carbocycles. The molecule has 2 heterocycles. The molecule has 24 heavy (non-hydrogen) atoms. The summed E-state index contributed by atoms with van der Waals surface area (Å²) in [4.78, 5) is 19.3. The molecule has 0 saturated carbocycles. The van der Waals surface area contributed by atoms with Crippen LogP contribution in [0.2, 0.25) is 5.15 Å². The molecule has 0 aliphatic carbocycles. The van der Waals surface area contributed by atoms with Crippen LogP contribution in [0.3, 0.4) is 0 Å². The highest BCUT2D eigenvalue weighted by Gasteiger charge is 2.17. The number of carbonyl (C=O) groups excluding carboxylic acids is 1. The first kappa shape index (κ1) is 16.2. The predicted octanol–water partition coefficient (Wildman–Crippen LogP) is 3.92. The first-order chi connectivity index (χ1) is 11.6. The molecule has 6 heteroatoms. The van der Waals surface area contributed by atoms with E-state index in [0.717, 1.165) is 11.1 Å². The van der Waals surface area contributed by atoms with Gasteiger partial charge in [-0.1, -0.05) is 23.7 Å². The fourth-order valence-corrected chi connectivity index (χ4v) is 2.57. The molecule has 3 aromatic rings. The van der Waals surface area contributed by atoms with Gasteiger partial charge in [-0.3, -0.25) is 4.79 Å². The average Bonchev–Trinajstić information content (AvgIpc) is 3.09. The van der Waals surface area contributed by atoms with Crippen molar-refractivity contribution in [1.82, 2.24) is 15.3 Å². The van der Waals surface area contributed by atoms with E-state index in [2.05, 4.69) is 15.3 Å². The second-order valence-electron chi connectivity index (χ2n) is 5.37. The second-order valence-corrected chi connectivity index (χ2v) is 5.76. The third kappa shape index (κ3) is 4.00. The zero-order valence-corrected chi connectivity index (χ0v) is 13.4. The van der Waals surface area contributed by atoms with Crippen LogP contribution in [0.15, 0.2) is 61.1 Å². The first-order valence-corrected chi connectivity index (χ1v) is 7.79. The topological polar surface area (TPSA) is 57.8 Å². The van der Waals surface area contributed by atoms with Crippen LogP contribution in [0.4, 0.5) is 4.39 Å².